The van der Waals surface area contributed by atoms with Crippen molar-refractivity contribution in [1.82, 2.24) is 4.90 Å². The molecular formula is C24H18ClNO3S. The molecule has 2 amide bonds. The van der Waals surface area contributed by atoms with Gasteiger partial charge in [-0.1, -0.05) is 65.8 Å². The zero-order chi connectivity index (χ0) is 21.1. The maximum absolute atomic E-state index is 13.3. The van der Waals surface area contributed by atoms with Gasteiger partial charge >= 0.3 is 0 Å². The molecule has 30 heavy (non-hydrogen) atoms. The predicted molar refractivity (Wildman–Crippen MR) is 119 cm³/mol. The molecule has 1 aliphatic rings. The van der Waals surface area contributed by atoms with E-state index < -0.39 is 0 Å². The van der Waals surface area contributed by atoms with E-state index in [2.05, 4.69) is 0 Å². The number of amides is 2. The van der Waals surface area contributed by atoms with Crippen molar-refractivity contribution in [3.8, 4) is 5.75 Å². The molecule has 1 aliphatic heterocycles. The molecule has 0 bridgehead atoms. The van der Waals surface area contributed by atoms with Crippen LogP contribution in [0.5, 0.6) is 5.75 Å². The molecule has 0 radical (unpaired) electrons. The van der Waals surface area contributed by atoms with Crippen LogP contribution in [0.4, 0.5) is 0 Å². The number of carbonyl (C=O) groups excluding carboxylic acids is 2. The third-order valence-corrected chi connectivity index (χ3v) is 6.06. The Morgan fingerprint density at radius 1 is 0.867 bits per heavy atom. The minimum atomic E-state index is -0.300. The molecule has 4 rings (SSSR count). The van der Waals surface area contributed by atoms with E-state index >= 15 is 0 Å². The number of halogens is 1. The Morgan fingerprint density at radius 3 is 2.17 bits per heavy atom. The fourth-order valence-corrected chi connectivity index (χ4v) is 4.33. The summed E-state index contributed by atoms with van der Waals surface area (Å²) in [6.45, 7) is 0.225. The lowest BCUT2D eigenvalue weighted by Gasteiger charge is -2.15. The van der Waals surface area contributed by atoms with Gasteiger partial charge in [-0.15, -0.1) is 0 Å². The van der Waals surface area contributed by atoms with Crippen LogP contribution >= 0.6 is 23.4 Å². The van der Waals surface area contributed by atoms with Crippen LogP contribution in [0.2, 0.25) is 5.02 Å². The number of benzene rings is 3. The lowest BCUT2D eigenvalue weighted by molar-refractivity contribution is -0.137. The minimum absolute atomic E-state index is 0.225. The van der Waals surface area contributed by atoms with Crippen molar-refractivity contribution < 1.29 is 14.3 Å². The SMILES string of the molecule is COc1ccc(C2=C(Sc3ccc(Cl)cc3)C(=O)N(Cc3ccccc3)C2=O)cc1. The highest BCUT2D eigenvalue weighted by molar-refractivity contribution is 8.04. The fraction of sp³-hybridized carbons (Fsp3) is 0.0833. The molecule has 150 valence electrons. The second-order valence-electron chi connectivity index (χ2n) is 6.67. The average Bonchev–Trinajstić information content (AvgIpc) is 3.00. The van der Waals surface area contributed by atoms with Crippen LogP contribution in [0.3, 0.4) is 0 Å². The van der Waals surface area contributed by atoms with Gasteiger partial charge in [0.1, 0.15) is 5.75 Å². The molecule has 3 aromatic rings. The normalized spacial score (nSPS) is 13.9. The van der Waals surface area contributed by atoms with E-state index in [9.17, 15) is 9.59 Å². The number of nitrogens with zero attached hydrogens (tertiary/aromatic N) is 1. The Hall–Kier alpha value is -3.02. The number of imide groups is 1. The highest BCUT2D eigenvalue weighted by Gasteiger charge is 2.39. The van der Waals surface area contributed by atoms with Crippen LogP contribution in [0, 0.1) is 0 Å². The smallest absolute Gasteiger partial charge is 0.268 e. The molecule has 0 unspecified atom stereocenters. The number of methoxy groups -OCH3 is 1. The molecular weight excluding hydrogens is 418 g/mol. The molecule has 4 nitrogen and oxygen atoms in total. The van der Waals surface area contributed by atoms with Crippen LogP contribution in [-0.4, -0.2) is 23.8 Å². The predicted octanol–water partition coefficient (Wildman–Crippen LogP) is 5.42. The Labute approximate surface area is 184 Å². The molecule has 0 atom stereocenters. The first-order valence-electron chi connectivity index (χ1n) is 9.29. The van der Waals surface area contributed by atoms with Crippen LogP contribution in [0.15, 0.2) is 88.7 Å². The molecule has 0 N–H and O–H groups in total. The molecule has 0 spiro atoms. The number of hydrogen-bond acceptors (Lipinski definition) is 4. The number of hydrogen-bond donors (Lipinski definition) is 0. The summed E-state index contributed by atoms with van der Waals surface area (Å²) in [5.74, 6) is 0.0873. The summed E-state index contributed by atoms with van der Waals surface area (Å²) in [5, 5.41) is 0.614. The summed E-state index contributed by atoms with van der Waals surface area (Å²) >= 11 is 7.26. The fourth-order valence-electron chi connectivity index (χ4n) is 3.19. The van der Waals surface area contributed by atoms with E-state index in [0.29, 0.717) is 26.8 Å². The zero-order valence-corrected chi connectivity index (χ0v) is 17.7. The summed E-state index contributed by atoms with van der Waals surface area (Å²) in [6.07, 6.45) is 0. The first-order valence-corrected chi connectivity index (χ1v) is 10.5. The molecule has 6 heteroatoms. The number of rotatable bonds is 6. The Kier molecular flexibility index (Phi) is 5.93. The molecule has 0 aliphatic carbocycles. The third-order valence-electron chi connectivity index (χ3n) is 4.72. The topological polar surface area (TPSA) is 46.6 Å². The van der Waals surface area contributed by atoms with Crippen molar-refractivity contribution in [3.05, 3.63) is 99.9 Å². The maximum atomic E-state index is 13.3. The lowest BCUT2D eigenvalue weighted by Crippen LogP contribution is -2.30. The third kappa shape index (κ3) is 4.13. The van der Waals surface area contributed by atoms with E-state index in [0.717, 1.165) is 10.5 Å². The van der Waals surface area contributed by atoms with Gasteiger partial charge in [0.05, 0.1) is 24.1 Å². The van der Waals surface area contributed by atoms with Gasteiger partial charge in [-0.2, -0.15) is 0 Å². The molecule has 1 heterocycles. The Balaban J connectivity index is 1.73. The maximum Gasteiger partial charge on any atom is 0.268 e. The van der Waals surface area contributed by atoms with Gasteiger partial charge in [-0.05, 0) is 47.5 Å². The summed E-state index contributed by atoms with van der Waals surface area (Å²) < 4.78 is 5.22. The van der Waals surface area contributed by atoms with Crippen molar-refractivity contribution in [3.63, 3.8) is 0 Å². The Morgan fingerprint density at radius 2 is 1.53 bits per heavy atom. The first-order chi connectivity index (χ1) is 14.6. The van der Waals surface area contributed by atoms with Gasteiger partial charge in [-0.25, -0.2) is 0 Å². The van der Waals surface area contributed by atoms with Crippen LogP contribution < -0.4 is 4.74 Å². The van der Waals surface area contributed by atoms with Crippen molar-refractivity contribution in [2.75, 3.05) is 7.11 Å². The number of ether oxygens (including phenoxy) is 1. The van der Waals surface area contributed by atoms with Crippen LogP contribution in [0.25, 0.3) is 5.57 Å². The quantitative estimate of drug-likeness (QED) is 0.485. The highest BCUT2D eigenvalue weighted by atomic mass is 35.5. The second kappa shape index (κ2) is 8.78. The van der Waals surface area contributed by atoms with Gasteiger partial charge < -0.3 is 4.74 Å². The standard InChI is InChI=1S/C24H18ClNO3S/c1-29-19-11-7-17(8-12-19)21-22(30-20-13-9-18(25)10-14-20)24(28)26(23(21)27)15-16-5-3-2-4-6-16/h2-14H,15H2,1H3. The van der Waals surface area contributed by atoms with Gasteiger partial charge in [0.25, 0.3) is 11.8 Å². The van der Waals surface area contributed by atoms with Crippen molar-refractivity contribution >= 4 is 40.8 Å². The summed E-state index contributed by atoms with van der Waals surface area (Å²) in [5.41, 5.74) is 1.98. The summed E-state index contributed by atoms with van der Waals surface area (Å²) in [7, 11) is 1.59. The van der Waals surface area contributed by atoms with Crippen molar-refractivity contribution in [2.45, 2.75) is 11.4 Å². The largest absolute Gasteiger partial charge is 0.497 e. The van der Waals surface area contributed by atoms with E-state index in [1.165, 1.54) is 16.7 Å². The second-order valence-corrected chi connectivity index (χ2v) is 8.19. The van der Waals surface area contributed by atoms with Gasteiger partial charge in [-0.3, -0.25) is 14.5 Å². The monoisotopic (exact) mass is 435 g/mol. The van der Waals surface area contributed by atoms with E-state index in [4.69, 9.17) is 16.3 Å². The number of thioether (sulfide) groups is 1. The van der Waals surface area contributed by atoms with Crippen LogP contribution in [0.1, 0.15) is 11.1 Å². The number of carbonyl (C=O) groups is 2. The van der Waals surface area contributed by atoms with Gasteiger partial charge in [0.2, 0.25) is 0 Å². The molecule has 0 saturated heterocycles. The van der Waals surface area contributed by atoms with E-state index in [1.807, 2.05) is 42.5 Å². The molecule has 0 fully saturated rings. The summed E-state index contributed by atoms with van der Waals surface area (Å²) in [4.78, 5) is 29.1. The van der Waals surface area contributed by atoms with Crippen LogP contribution in [-0.2, 0) is 16.1 Å². The first kappa shape index (κ1) is 20.3. The average molecular weight is 436 g/mol. The lowest BCUT2D eigenvalue weighted by atomic mass is 10.1. The zero-order valence-electron chi connectivity index (χ0n) is 16.2. The highest BCUT2D eigenvalue weighted by Crippen LogP contribution is 2.40. The van der Waals surface area contributed by atoms with E-state index in [-0.39, 0.29) is 18.4 Å². The summed E-state index contributed by atoms with van der Waals surface area (Å²) in [6, 6.07) is 23.9. The van der Waals surface area contributed by atoms with Gasteiger partial charge in [0.15, 0.2) is 0 Å². The Bertz CT molecular complexity index is 1110. The van der Waals surface area contributed by atoms with Crippen molar-refractivity contribution in [2.24, 2.45) is 0 Å². The minimum Gasteiger partial charge on any atom is -0.497 e. The van der Waals surface area contributed by atoms with Crippen molar-refractivity contribution in [1.29, 1.82) is 0 Å². The molecule has 0 saturated carbocycles. The molecule has 0 aromatic heterocycles. The van der Waals surface area contributed by atoms with Gasteiger partial charge in [0, 0.05) is 9.92 Å². The molecule has 3 aromatic carbocycles. The van der Waals surface area contributed by atoms with E-state index in [1.54, 1.807) is 43.5 Å².